The molecule has 0 bridgehead atoms. The number of aryl methyl sites for hydroxylation is 2. The smallest absolute Gasteiger partial charge is 0.122 e. The average molecular weight is 280 g/mol. The van der Waals surface area contributed by atoms with Crippen LogP contribution in [0.25, 0.3) is 0 Å². The van der Waals surface area contributed by atoms with E-state index in [1.807, 2.05) is 13.0 Å². The number of nitrogens with one attached hydrogen (secondary N) is 1. The Morgan fingerprint density at radius 2 is 1.70 bits per heavy atom. The Labute approximate surface area is 122 Å². The van der Waals surface area contributed by atoms with Crippen molar-refractivity contribution in [2.75, 3.05) is 14.2 Å². The van der Waals surface area contributed by atoms with Crippen molar-refractivity contribution in [3.63, 3.8) is 0 Å². The lowest BCUT2D eigenvalue weighted by Crippen LogP contribution is -2.44. The molecule has 0 saturated carbocycles. The van der Waals surface area contributed by atoms with E-state index in [0.717, 1.165) is 22.4 Å². The van der Waals surface area contributed by atoms with Crippen LogP contribution in [0.4, 0.5) is 0 Å². The Kier molecular flexibility index (Phi) is 5.57. The highest BCUT2D eigenvalue weighted by Gasteiger charge is 2.33. The van der Waals surface area contributed by atoms with Crippen molar-refractivity contribution in [3.05, 3.63) is 28.8 Å². The summed E-state index contributed by atoms with van der Waals surface area (Å²) in [4.78, 5) is 0. The van der Waals surface area contributed by atoms with E-state index in [9.17, 15) is 0 Å². The van der Waals surface area contributed by atoms with Crippen molar-refractivity contribution in [2.45, 2.75) is 46.8 Å². The van der Waals surface area contributed by atoms with Crippen molar-refractivity contribution in [1.82, 2.24) is 5.43 Å². The summed E-state index contributed by atoms with van der Waals surface area (Å²) in [6.45, 7) is 10.6. The van der Waals surface area contributed by atoms with Gasteiger partial charge in [0.25, 0.3) is 0 Å². The molecule has 4 nitrogen and oxygen atoms in total. The zero-order chi connectivity index (χ0) is 15.5. The van der Waals surface area contributed by atoms with E-state index in [0.29, 0.717) is 0 Å². The molecule has 0 spiro atoms. The van der Waals surface area contributed by atoms with Crippen molar-refractivity contribution in [2.24, 2.45) is 11.3 Å². The number of hydrazine groups is 1. The second kappa shape index (κ2) is 6.57. The lowest BCUT2D eigenvalue weighted by atomic mass is 9.81. The van der Waals surface area contributed by atoms with Crippen LogP contribution in [-0.4, -0.2) is 20.3 Å². The van der Waals surface area contributed by atoms with Crippen LogP contribution >= 0.6 is 0 Å². The molecule has 0 saturated heterocycles. The minimum absolute atomic E-state index is 0.0218. The number of hydrogen-bond donors (Lipinski definition) is 2. The summed E-state index contributed by atoms with van der Waals surface area (Å²) in [6.07, 6.45) is -0.0287. The van der Waals surface area contributed by atoms with Crippen molar-refractivity contribution in [3.8, 4) is 5.75 Å². The molecule has 1 aromatic rings. The lowest BCUT2D eigenvalue weighted by Gasteiger charge is -2.36. The molecule has 20 heavy (non-hydrogen) atoms. The number of ether oxygens (including phenoxy) is 2. The third-order valence-corrected chi connectivity index (χ3v) is 3.71. The Balaban J connectivity index is 3.28. The van der Waals surface area contributed by atoms with Crippen LogP contribution in [0, 0.1) is 19.3 Å². The van der Waals surface area contributed by atoms with Gasteiger partial charge in [0.05, 0.1) is 19.3 Å². The normalized spacial score (nSPS) is 15.0. The van der Waals surface area contributed by atoms with E-state index in [-0.39, 0.29) is 17.6 Å². The van der Waals surface area contributed by atoms with Crippen molar-refractivity contribution < 1.29 is 9.47 Å². The second-order valence-corrected chi connectivity index (χ2v) is 6.35. The highest BCUT2D eigenvalue weighted by Crippen LogP contribution is 2.35. The van der Waals surface area contributed by atoms with Crippen molar-refractivity contribution in [1.29, 1.82) is 0 Å². The summed E-state index contributed by atoms with van der Waals surface area (Å²) in [6, 6.07) is 4.10. The molecule has 1 aromatic carbocycles. The summed E-state index contributed by atoms with van der Waals surface area (Å²) in [7, 11) is 3.42. The van der Waals surface area contributed by atoms with Crippen LogP contribution in [0.2, 0.25) is 0 Å². The summed E-state index contributed by atoms with van der Waals surface area (Å²) in [5, 5.41) is 0. The second-order valence-electron chi connectivity index (χ2n) is 6.35. The highest BCUT2D eigenvalue weighted by atomic mass is 16.5. The first-order chi connectivity index (χ1) is 9.26. The molecule has 0 amide bonds. The van der Waals surface area contributed by atoms with Gasteiger partial charge in [0.15, 0.2) is 0 Å². The number of methoxy groups -OCH3 is 2. The maximum Gasteiger partial charge on any atom is 0.122 e. The molecule has 0 aliphatic heterocycles. The highest BCUT2D eigenvalue weighted by molar-refractivity contribution is 5.43. The molecular weight excluding hydrogens is 252 g/mol. The van der Waals surface area contributed by atoms with E-state index in [1.54, 1.807) is 14.2 Å². The summed E-state index contributed by atoms with van der Waals surface area (Å²) < 4.78 is 11.1. The van der Waals surface area contributed by atoms with E-state index < -0.39 is 0 Å². The van der Waals surface area contributed by atoms with Gasteiger partial charge in [0.1, 0.15) is 5.75 Å². The molecule has 0 radical (unpaired) electrons. The third kappa shape index (κ3) is 3.51. The minimum Gasteiger partial charge on any atom is -0.496 e. The molecule has 1 rings (SSSR count). The van der Waals surface area contributed by atoms with Crippen LogP contribution in [-0.2, 0) is 4.74 Å². The van der Waals surface area contributed by atoms with Gasteiger partial charge in [-0.3, -0.25) is 11.3 Å². The Hall–Kier alpha value is -1.10. The maximum absolute atomic E-state index is 5.81. The predicted molar refractivity (Wildman–Crippen MR) is 82.8 cm³/mol. The maximum atomic E-state index is 5.81. The predicted octanol–water partition coefficient (Wildman–Crippen LogP) is 2.88. The number of nitrogens with two attached hydrogens (primary N) is 1. The van der Waals surface area contributed by atoms with Gasteiger partial charge < -0.3 is 9.47 Å². The molecular formula is C16H28N2O2. The van der Waals surface area contributed by atoms with E-state index >= 15 is 0 Å². The van der Waals surface area contributed by atoms with Gasteiger partial charge >= 0.3 is 0 Å². The lowest BCUT2D eigenvalue weighted by molar-refractivity contribution is -0.0121. The molecule has 3 N–H and O–H groups in total. The van der Waals surface area contributed by atoms with Crippen LogP contribution in [0.3, 0.4) is 0 Å². The van der Waals surface area contributed by atoms with E-state index in [1.165, 1.54) is 0 Å². The number of hydrogen-bond acceptors (Lipinski definition) is 4. The quantitative estimate of drug-likeness (QED) is 0.643. The zero-order valence-corrected chi connectivity index (χ0v) is 13.7. The minimum atomic E-state index is -0.0652. The topological polar surface area (TPSA) is 56.5 Å². The monoisotopic (exact) mass is 280 g/mol. The Bertz CT molecular complexity index is 453. The first-order valence-corrected chi connectivity index (χ1v) is 6.90. The van der Waals surface area contributed by atoms with Crippen LogP contribution in [0.15, 0.2) is 12.1 Å². The fourth-order valence-corrected chi connectivity index (χ4v) is 2.70. The van der Waals surface area contributed by atoms with Gasteiger partial charge in [-0.2, -0.15) is 0 Å². The number of rotatable bonds is 5. The van der Waals surface area contributed by atoms with E-state index in [4.69, 9.17) is 15.3 Å². The van der Waals surface area contributed by atoms with Crippen LogP contribution in [0.1, 0.15) is 43.5 Å². The first-order valence-electron chi connectivity index (χ1n) is 6.90. The standard InChI is InChI=1S/C16H28N2O2/c1-10-9-13(19-6)11(2)8-12(10)14(18-17)15(20-7)16(3,4)5/h8-9,14-15,18H,17H2,1-7H3. The zero-order valence-electron chi connectivity index (χ0n) is 13.7. The van der Waals surface area contributed by atoms with Gasteiger partial charge in [-0.05, 0) is 42.0 Å². The molecule has 0 heterocycles. The van der Waals surface area contributed by atoms with Gasteiger partial charge in [0.2, 0.25) is 0 Å². The SMILES string of the molecule is COc1cc(C)c(C(NN)C(OC)C(C)(C)C)cc1C. The fraction of sp³-hybridized carbons (Fsp3) is 0.625. The van der Waals surface area contributed by atoms with Gasteiger partial charge in [-0.15, -0.1) is 0 Å². The first kappa shape index (κ1) is 17.0. The Morgan fingerprint density at radius 1 is 1.10 bits per heavy atom. The molecule has 0 aliphatic rings. The van der Waals surface area contributed by atoms with Crippen LogP contribution < -0.4 is 16.0 Å². The molecule has 0 fully saturated rings. The molecule has 2 atom stereocenters. The van der Waals surface area contributed by atoms with Gasteiger partial charge in [-0.1, -0.05) is 26.8 Å². The van der Waals surface area contributed by atoms with E-state index in [2.05, 4.69) is 39.2 Å². The van der Waals surface area contributed by atoms with Crippen LogP contribution in [0.5, 0.6) is 5.75 Å². The van der Waals surface area contributed by atoms with Gasteiger partial charge in [-0.25, -0.2) is 0 Å². The average Bonchev–Trinajstić information content (AvgIpc) is 2.36. The molecule has 4 heteroatoms. The molecule has 2 unspecified atom stereocenters. The fourth-order valence-electron chi connectivity index (χ4n) is 2.70. The summed E-state index contributed by atoms with van der Waals surface area (Å²) in [5.74, 6) is 6.70. The molecule has 0 aliphatic carbocycles. The molecule has 0 aromatic heterocycles. The molecule has 114 valence electrons. The number of benzene rings is 1. The van der Waals surface area contributed by atoms with Crippen molar-refractivity contribution >= 4 is 0 Å². The largest absolute Gasteiger partial charge is 0.496 e. The summed E-state index contributed by atoms with van der Waals surface area (Å²) in [5.41, 5.74) is 6.27. The summed E-state index contributed by atoms with van der Waals surface area (Å²) >= 11 is 0. The third-order valence-electron chi connectivity index (χ3n) is 3.71. The van der Waals surface area contributed by atoms with Gasteiger partial charge in [0, 0.05) is 7.11 Å². The Morgan fingerprint density at radius 3 is 2.10 bits per heavy atom.